The average Bonchev–Trinajstić information content (AvgIpc) is 3.43. The smallest absolute Gasteiger partial charge is 0.386 e. The molecule has 0 atom stereocenters. The topological polar surface area (TPSA) is 128 Å². The van der Waals surface area contributed by atoms with Gasteiger partial charge in [-0.2, -0.15) is 13.2 Å². The van der Waals surface area contributed by atoms with Crippen LogP contribution >= 0.6 is 11.3 Å². The van der Waals surface area contributed by atoms with Gasteiger partial charge in [-0.05, 0) is 81.7 Å². The molecule has 2 aromatic heterocycles. The Morgan fingerprint density at radius 1 is 1.04 bits per heavy atom. The first-order valence-electron chi connectivity index (χ1n) is 15.2. The zero-order chi connectivity index (χ0) is 33.5. The van der Waals surface area contributed by atoms with Crippen LogP contribution in [0.1, 0.15) is 71.3 Å². The van der Waals surface area contributed by atoms with Gasteiger partial charge in [-0.25, -0.2) is 14.8 Å². The summed E-state index contributed by atoms with van der Waals surface area (Å²) in [6.45, 7) is 5.86. The number of imide groups is 1. The van der Waals surface area contributed by atoms with Crippen molar-refractivity contribution in [3.63, 3.8) is 0 Å². The number of carbonyl (C=O) groups excluding carboxylic acids is 3. The van der Waals surface area contributed by atoms with Gasteiger partial charge >= 0.3 is 12.2 Å². The largest absolute Gasteiger partial charge is 0.433 e. The van der Waals surface area contributed by atoms with E-state index in [-0.39, 0.29) is 23.9 Å². The van der Waals surface area contributed by atoms with Crippen LogP contribution < -0.4 is 15.5 Å². The highest BCUT2D eigenvalue weighted by atomic mass is 32.1. The van der Waals surface area contributed by atoms with E-state index in [4.69, 9.17) is 4.98 Å². The van der Waals surface area contributed by atoms with Crippen molar-refractivity contribution >= 4 is 50.8 Å². The summed E-state index contributed by atoms with van der Waals surface area (Å²) in [5.74, 6) is -0.879. The molecule has 4 aromatic rings. The van der Waals surface area contributed by atoms with Crippen LogP contribution in [0, 0.1) is 0 Å². The average molecular weight is 667 g/mol. The first kappa shape index (κ1) is 32.5. The van der Waals surface area contributed by atoms with Crippen LogP contribution in [0.25, 0.3) is 10.2 Å². The van der Waals surface area contributed by atoms with E-state index in [9.17, 15) is 32.7 Å². The van der Waals surface area contributed by atoms with Gasteiger partial charge in [0.1, 0.15) is 11.4 Å². The molecule has 246 valence electrons. The number of urea groups is 1. The number of hydrogen-bond donors (Lipinski definition) is 3. The zero-order valence-corrected chi connectivity index (χ0v) is 26.5. The van der Waals surface area contributed by atoms with Crippen molar-refractivity contribution in [2.45, 2.75) is 57.3 Å². The van der Waals surface area contributed by atoms with Crippen LogP contribution in [0.2, 0.25) is 0 Å². The van der Waals surface area contributed by atoms with Crippen molar-refractivity contribution in [3.05, 3.63) is 82.1 Å². The summed E-state index contributed by atoms with van der Waals surface area (Å²) in [6.07, 6.45) is -2.68. The molecule has 2 aliphatic rings. The van der Waals surface area contributed by atoms with E-state index in [1.54, 1.807) is 30.9 Å². The summed E-state index contributed by atoms with van der Waals surface area (Å²) in [5.41, 5.74) is 0.213. The fourth-order valence-electron chi connectivity index (χ4n) is 5.91. The summed E-state index contributed by atoms with van der Waals surface area (Å²) in [4.78, 5) is 49.1. The van der Waals surface area contributed by atoms with Gasteiger partial charge in [-0.3, -0.25) is 24.7 Å². The minimum absolute atomic E-state index is 0.211. The number of piperidine rings is 1. The number of pyridine rings is 1. The third kappa shape index (κ3) is 7.29. The second-order valence-electron chi connectivity index (χ2n) is 12.3. The third-order valence-electron chi connectivity index (χ3n) is 8.34. The molecular formula is C33H33F3N6O4S. The van der Waals surface area contributed by atoms with Gasteiger partial charge < -0.3 is 10.4 Å². The zero-order valence-electron chi connectivity index (χ0n) is 25.7. The number of nitrogens with one attached hydrogen (secondary N) is 2. The van der Waals surface area contributed by atoms with Gasteiger partial charge in [0.25, 0.3) is 5.91 Å². The molecule has 0 radical (unpaired) electrons. The highest BCUT2D eigenvalue weighted by molar-refractivity contribution is 7.18. The van der Waals surface area contributed by atoms with Crippen molar-refractivity contribution in [1.29, 1.82) is 0 Å². The molecule has 47 heavy (non-hydrogen) atoms. The van der Waals surface area contributed by atoms with Gasteiger partial charge in [0, 0.05) is 42.4 Å². The van der Waals surface area contributed by atoms with Gasteiger partial charge in [-0.1, -0.05) is 18.2 Å². The highest BCUT2D eigenvalue weighted by Gasteiger charge is 2.33. The van der Waals surface area contributed by atoms with Crippen molar-refractivity contribution in [1.82, 2.24) is 20.2 Å². The van der Waals surface area contributed by atoms with Crippen LogP contribution in [0.3, 0.4) is 0 Å². The van der Waals surface area contributed by atoms with E-state index in [0.717, 1.165) is 59.0 Å². The van der Waals surface area contributed by atoms with Crippen molar-refractivity contribution in [2.24, 2.45) is 0 Å². The quantitative estimate of drug-likeness (QED) is 0.220. The van der Waals surface area contributed by atoms with E-state index in [1.165, 1.54) is 17.4 Å². The van der Waals surface area contributed by atoms with E-state index in [1.807, 2.05) is 24.3 Å². The number of nitrogens with zero attached hydrogens (tertiary/aromatic N) is 4. The van der Waals surface area contributed by atoms with Gasteiger partial charge in [0.2, 0.25) is 5.91 Å². The van der Waals surface area contributed by atoms with Crippen LogP contribution in [-0.2, 0) is 23.1 Å². The lowest BCUT2D eigenvalue weighted by Gasteiger charge is -2.31. The molecule has 0 spiro atoms. The number of hydrogen-bond acceptors (Lipinski definition) is 8. The predicted octanol–water partition coefficient (Wildman–Crippen LogP) is 6.02. The third-order valence-corrected chi connectivity index (χ3v) is 9.52. The number of thiazole rings is 1. The summed E-state index contributed by atoms with van der Waals surface area (Å²) in [7, 11) is 0. The van der Waals surface area contributed by atoms with Crippen LogP contribution in [0.4, 0.5) is 29.3 Å². The number of alkyl halides is 3. The maximum Gasteiger partial charge on any atom is 0.433 e. The summed E-state index contributed by atoms with van der Waals surface area (Å²) < 4.78 is 40.3. The number of carbonyl (C=O) groups is 3. The second-order valence-corrected chi connectivity index (χ2v) is 13.4. The Balaban J connectivity index is 1.15. The number of anilines is 2. The number of rotatable bonds is 7. The van der Waals surface area contributed by atoms with E-state index >= 15 is 0 Å². The Labute approximate surface area is 272 Å². The molecular weight excluding hydrogens is 633 g/mol. The molecule has 4 amide bonds. The summed E-state index contributed by atoms with van der Waals surface area (Å²) >= 11 is 1.50. The van der Waals surface area contributed by atoms with Crippen molar-refractivity contribution in [2.75, 3.05) is 29.9 Å². The monoisotopic (exact) mass is 666 g/mol. The Kier molecular flexibility index (Phi) is 8.76. The molecule has 3 N–H and O–H groups in total. The minimum atomic E-state index is -4.69. The lowest BCUT2D eigenvalue weighted by atomic mass is 9.95. The van der Waals surface area contributed by atoms with Gasteiger partial charge in [0.05, 0.1) is 20.8 Å². The summed E-state index contributed by atoms with van der Waals surface area (Å²) in [6, 6.07) is 13.9. The molecule has 2 aliphatic heterocycles. The Morgan fingerprint density at radius 2 is 1.79 bits per heavy atom. The number of likely N-dealkylation sites (tertiary alicyclic amines) is 1. The molecule has 2 saturated heterocycles. The lowest BCUT2D eigenvalue weighted by Crippen LogP contribution is -2.49. The Morgan fingerprint density at radius 3 is 2.49 bits per heavy atom. The standard InChI is InChI=1S/C33H33F3N6O4S/c1-32(2,46)22-16-25-26(17-24(22)38-29(44)23-7-4-8-27(37-23)33(34,35)36)47-30(39-25)20-9-12-41(13-10-20)18-19-5-3-6-21(15-19)42-14-11-28(43)40-31(42)45/h3-8,15-17,20,46H,9-14,18H2,1-2H3,(H,38,44)(H,40,43,45). The molecule has 14 heteroatoms. The molecule has 0 unspecified atom stereocenters. The second kappa shape index (κ2) is 12.7. The first-order chi connectivity index (χ1) is 22.2. The van der Waals surface area contributed by atoms with E-state index < -0.39 is 35.1 Å². The maximum absolute atomic E-state index is 13.2. The number of aromatic nitrogens is 2. The van der Waals surface area contributed by atoms with Crippen molar-refractivity contribution < 1.29 is 32.7 Å². The van der Waals surface area contributed by atoms with Crippen LogP contribution in [0.5, 0.6) is 0 Å². The number of amides is 4. The summed E-state index contributed by atoms with van der Waals surface area (Å²) in [5, 5.41) is 16.9. The molecule has 2 aromatic carbocycles. The molecule has 6 rings (SSSR count). The minimum Gasteiger partial charge on any atom is -0.386 e. The maximum atomic E-state index is 13.2. The van der Waals surface area contributed by atoms with Crippen LogP contribution in [-0.4, -0.2) is 57.5 Å². The number of halogens is 3. The van der Waals surface area contributed by atoms with Crippen molar-refractivity contribution in [3.8, 4) is 0 Å². The fraction of sp³-hybridized carbons (Fsp3) is 0.364. The Bertz CT molecular complexity index is 1850. The number of aliphatic hydroxyl groups is 1. The van der Waals surface area contributed by atoms with E-state index in [0.29, 0.717) is 24.2 Å². The van der Waals surface area contributed by atoms with E-state index in [2.05, 4.69) is 20.5 Å². The SMILES string of the molecule is CC(C)(O)c1cc2nc(C3CCN(Cc4cccc(N5CCC(=O)NC5=O)c4)CC3)sc2cc1NC(=O)c1cccc(C(F)(F)F)n1. The molecule has 2 fully saturated rings. The predicted molar refractivity (Wildman–Crippen MR) is 171 cm³/mol. The van der Waals surface area contributed by atoms with Gasteiger partial charge in [0.15, 0.2) is 0 Å². The first-order valence-corrected chi connectivity index (χ1v) is 16.0. The number of fused-ring (bicyclic) bond motifs is 1. The van der Waals surface area contributed by atoms with Crippen LogP contribution in [0.15, 0.2) is 54.6 Å². The molecule has 0 aliphatic carbocycles. The number of benzene rings is 2. The molecule has 0 saturated carbocycles. The Hall–Kier alpha value is -4.40. The normalized spacial score (nSPS) is 16.9. The van der Waals surface area contributed by atoms with Gasteiger partial charge in [-0.15, -0.1) is 11.3 Å². The molecule has 0 bridgehead atoms. The lowest BCUT2D eigenvalue weighted by molar-refractivity contribution is -0.141. The fourth-order valence-corrected chi connectivity index (χ4v) is 7.07. The molecule has 10 nitrogen and oxygen atoms in total. The molecule has 4 heterocycles. The highest BCUT2D eigenvalue weighted by Crippen LogP contribution is 2.39.